The lowest BCUT2D eigenvalue weighted by atomic mass is 10.0. The van der Waals surface area contributed by atoms with Gasteiger partial charge in [0.15, 0.2) is 0 Å². The van der Waals surface area contributed by atoms with Crippen LogP contribution in [0.2, 0.25) is 0 Å². The minimum absolute atomic E-state index is 0.916. The van der Waals surface area contributed by atoms with Crippen LogP contribution in [-0.2, 0) is 0 Å². The highest BCUT2D eigenvalue weighted by Crippen LogP contribution is 2.20. The van der Waals surface area contributed by atoms with Crippen LogP contribution in [0.1, 0.15) is 84.5 Å². The maximum Gasteiger partial charge on any atom is 0.00952 e. The normalized spacial score (nSPS) is 20.7. The molecule has 2 fully saturated rings. The smallest absolute Gasteiger partial charge is 0.00952 e. The zero-order valence-corrected chi connectivity index (χ0v) is 14.1. The Bertz CT molecular complexity index is 188. The van der Waals surface area contributed by atoms with E-state index in [1.165, 1.54) is 96.8 Å². The van der Waals surface area contributed by atoms with Crippen molar-refractivity contribution in [3.8, 4) is 0 Å². The van der Waals surface area contributed by atoms with Crippen molar-refractivity contribution in [1.82, 2.24) is 10.2 Å². The van der Waals surface area contributed by atoms with Crippen LogP contribution in [0.3, 0.4) is 0 Å². The largest absolute Gasteiger partial charge is 0.317 e. The fourth-order valence-electron chi connectivity index (χ4n) is 3.31. The van der Waals surface area contributed by atoms with Gasteiger partial charge in [0.25, 0.3) is 0 Å². The summed E-state index contributed by atoms with van der Waals surface area (Å²) in [6.45, 7) is 9.87. The predicted molar refractivity (Wildman–Crippen MR) is 90.4 cm³/mol. The summed E-state index contributed by atoms with van der Waals surface area (Å²) in [4.78, 5) is 2.76. The molecule has 2 heterocycles. The fraction of sp³-hybridized carbons (Fsp3) is 1.00. The standard InChI is InChI=1S/C14H29N.C4H9N/c1-3-5-7-11-14(10-6-4-2)15-12-8-9-13-15;1-2-4-5-3-1/h14H,3-13H2,1-2H3;5H,1-4H2. The molecule has 0 aromatic rings. The average molecular weight is 283 g/mol. The second-order valence-corrected chi connectivity index (χ2v) is 6.49. The molecule has 2 heteroatoms. The van der Waals surface area contributed by atoms with Gasteiger partial charge in [-0.2, -0.15) is 0 Å². The first-order valence-corrected chi connectivity index (χ1v) is 9.33. The van der Waals surface area contributed by atoms with E-state index in [9.17, 15) is 0 Å². The highest BCUT2D eigenvalue weighted by Gasteiger charge is 2.20. The van der Waals surface area contributed by atoms with Gasteiger partial charge in [0.05, 0.1) is 0 Å². The molecule has 0 saturated carbocycles. The number of hydrogen-bond acceptors (Lipinski definition) is 2. The molecule has 0 amide bonds. The zero-order chi connectivity index (χ0) is 14.5. The molecule has 0 bridgehead atoms. The van der Waals surface area contributed by atoms with Crippen LogP contribution in [0, 0.1) is 0 Å². The highest BCUT2D eigenvalue weighted by atomic mass is 15.2. The first-order chi connectivity index (χ1) is 9.88. The molecule has 2 aliphatic rings. The van der Waals surface area contributed by atoms with Crippen molar-refractivity contribution in [1.29, 1.82) is 0 Å². The van der Waals surface area contributed by atoms with Crippen molar-refractivity contribution < 1.29 is 0 Å². The zero-order valence-electron chi connectivity index (χ0n) is 14.1. The Kier molecular flexibility index (Phi) is 11.4. The van der Waals surface area contributed by atoms with Crippen LogP contribution in [-0.4, -0.2) is 37.1 Å². The fourth-order valence-corrected chi connectivity index (χ4v) is 3.31. The molecule has 1 atom stereocenters. The quantitative estimate of drug-likeness (QED) is 0.655. The summed E-state index contributed by atoms with van der Waals surface area (Å²) in [5.41, 5.74) is 0. The molecule has 1 unspecified atom stereocenters. The lowest BCUT2D eigenvalue weighted by molar-refractivity contribution is 0.211. The summed E-state index contributed by atoms with van der Waals surface area (Å²) in [5.74, 6) is 0. The number of nitrogens with zero attached hydrogens (tertiary/aromatic N) is 1. The minimum Gasteiger partial charge on any atom is -0.317 e. The van der Waals surface area contributed by atoms with E-state index >= 15 is 0 Å². The summed E-state index contributed by atoms with van der Waals surface area (Å²) in [6, 6.07) is 0.916. The van der Waals surface area contributed by atoms with Crippen molar-refractivity contribution in [2.75, 3.05) is 26.2 Å². The van der Waals surface area contributed by atoms with Gasteiger partial charge < -0.3 is 10.2 Å². The second-order valence-electron chi connectivity index (χ2n) is 6.49. The number of hydrogen-bond donors (Lipinski definition) is 1. The Balaban J connectivity index is 0.000000333. The number of nitrogens with one attached hydrogen (secondary N) is 1. The Labute approximate surface area is 127 Å². The molecule has 0 spiro atoms. The second kappa shape index (κ2) is 12.6. The van der Waals surface area contributed by atoms with Gasteiger partial charge in [0.1, 0.15) is 0 Å². The third-order valence-corrected chi connectivity index (χ3v) is 4.65. The van der Waals surface area contributed by atoms with Crippen LogP contribution >= 0.6 is 0 Å². The van der Waals surface area contributed by atoms with Gasteiger partial charge in [-0.15, -0.1) is 0 Å². The maximum atomic E-state index is 3.22. The SMILES string of the molecule is C1CCNC1.CCCCCC(CCCC)N1CCCC1. The third kappa shape index (κ3) is 8.26. The van der Waals surface area contributed by atoms with E-state index in [2.05, 4.69) is 24.1 Å². The Morgan fingerprint density at radius 1 is 0.800 bits per heavy atom. The Morgan fingerprint density at radius 2 is 1.40 bits per heavy atom. The van der Waals surface area contributed by atoms with Crippen molar-refractivity contribution >= 4 is 0 Å². The average Bonchev–Trinajstić information content (AvgIpc) is 3.18. The van der Waals surface area contributed by atoms with Gasteiger partial charge in [-0.3, -0.25) is 0 Å². The van der Waals surface area contributed by atoms with E-state index in [0.717, 1.165) is 6.04 Å². The molecule has 0 aliphatic carbocycles. The van der Waals surface area contributed by atoms with Crippen LogP contribution < -0.4 is 5.32 Å². The summed E-state index contributed by atoms with van der Waals surface area (Å²) in [6.07, 6.45) is 15.6. The van der Waals surface area contributed by atoms with E-state index in [1.807, 2.05) is 0 Å². The van der Waals surface area contributed by atoms with E-state index in [-0.39, 0.29) is 0 Å². The van der Waals surface area contributed by atoms with Crippen molar-refractivity contribution in [3.05, 3.63) is 0 Å². The van der Waals surface area contributed by atoms with Crippen LogP contribution in [0.4, 0.5) is 0 Å². The van der Waals surface area contributed by atoms with Crippen molar-refractivity contribution in [2.45, 2.75) is 90.5 Å². The van der Waals surface area contributed by atoms with E-state index in [0.29, 0.717) is 0 Å². The van der Waals surface area contributed by atoms with Gasteiger partial charge in [-0.05, 0) is 64.7 Å². The molecule has 2 nitrogen and oxygen atoms in total. The molecule has 120 valence electrons. The highest BCUT2D eigenvalue weighted by molar-refractivity contribution is 4.76. The molecule has 20 heavy (non-hydrogen) atoms. The molecule has 2 aliphatic heterocycles. The first-order valence-electron chi connectivity index (χ1n) is 9.33. The summed E-state index contributed by atoms with van der Waals surface area (Å²) in [7, 11) is 0. The molecule has 1 N–H and O–H groups in total. The van der Waals surface area contributed by atoms with Gasteiger partial charge in [0, 0.05) is 6.04 Å². The van der Waals surface area contributed by atoms with Gasteiger partial charge in [0.2, 0.25) is 0 Å². The van der Waals surface area contributed by atoms with Crippen LogP contribution in [0.15, 0.2) is 0 Å². The molecule has 2 saturated heterocycles. The molecular formula is C18H38N2. The molecule has 2 rings (SSSR count). The molecule has 0 radical (unpaired) electrons. The monoisotopic (exact) mass is 282 g/mol. The van der Waals surface area contributed by atoms with Crippen molar-refractivity contribution in [2.24, 2.45) is 0 Å². The number of rotatable bonds is 8. The first kappa shape index (κ1) is 18.0. The number of likely N-dealkylation sites (tertiary alicyclic amines) is 1. The molecule has 0 aromatic heterocycles. The lowest BCUT2D eigenvalue weighted by Gasteiger charge is -2.27. The minimum atomic E-state index is 0.916. The van der Waals surface area contributed by atoms with Crippen LogP contribution in [0.5, 0.6) is 0 Å². The summed E-state index contributed by atoms with van der Waals surface area (Å²) in [5, 5.41) is 3.22. The number of unbranched alkanes of at least 4 members (excludes halogenated alkanes) is 3. The maximum absolute atomic E-state index is 3.22. The predicted octanol–water partition coefficient (Wildman–Crippen LogP) is 4.59. The van der Waals surface area contributed by atoms with Crippen LogP contribution in [0.25, 0.3) is 0 Å². The van der Waals surface area contributed by atoms with Gasteiger partial charge in [-0.25, -0.2) is 0 Å². The third-order valence-electron chi connectivity index (χ3n) is 4.65. The topological polar surface area (TPSA) is 15.3 Å². The van der Waals surface area contributed by atoms with Gasteiger partial charge >= 0.3 is 0 Å². The van der Waals surface area contributed by atoms with Crippen molar-refractivity contribution in [3.63, 3.8) is 0 Å². The lowest BCUT2D eigenvalue weighted by Crippen LogP contribution is -2.32. The van der Waals surface area contributed by atoms with E-state index < -0.39 is 0 Å². The molecular weight excluding hydrogens is 244 g/mol. The van der Waals surface area contributed by atoms with E-state index in [4.69, 9.17) is 0 Å². The van der Waals surface area contributed by atoms with Gasteiger partial charge in [-0.1, -0.05) is 46.0 Å². The Morgan fingerprint density at radius 3 is 1.90 bits per heavy atom. The van der Waals surface area contributed by atoms with E-state index in [1.54, 1.807) is 0 Å². The Hall–Kier alpha value is -0.0800. The summed E-state index contributed by atoms with van der Waals surface area (Å²) >= 11 is 0. The summed E-state index contributed by atoms with van der Waals surface area (Å²) < 4.78 is 0. The molecule has 0 aromatic carbocycles.